The normalized spacial score (nSPS) is 11.0. The first-order valence-corrected chi connectivity index (χ1v) is 13.9. The van der Waals surface area contributed by atoms with Crippen LogP contribution in [0.3, 0.4) is 0 Å². The van der Waals surface area contributed by atoms with Gasteiger partial charge < -0.3 is 5.32 Å². The molecule has 186 valence electrons. The molecular weight excluding hydrogens is 545 g/mol. The Morgan fingerprint density at radius 2 is 1.78 bits per heavy atom. The van der Waals surface area contributed by atoms with Crippen molar-refractivity contribution in [1.29, 1.82) is 0 Å². The third-order valence-electron chi connectivity index (χ3n) is 5.52. The molecule has 0 atom stereocenters. The molecule has 1 N–H and O–H groups in total. The molecule has 0 aliphatic carbocycles. The Morgan fingerprint density at radius 3 is 2.57 bits per heavy atom. The van der Waals surface area contributed by atoms with Gasteiger partial charge in [0.25, 0.3) is 0 Å². The van der Waals surface area contributed by atoms with Gasteiger partial charge in [0.1, 0.15) is 0 Å². The number of hydrogen-bond acceptors (Lipinski definition) is 6. The molecule has 0 bridgehead atoms. The summed E-state index contributed by atoms with van der Waals surface area (Å²) in [4.78, 5) is 18.1. The smallest absolute Gasteiger partial charge is 0.236 e. The highest BCUT2D eigenvalue weighted by Gasteiger charge is 2.18. The Labute approximate surface area is 232 Å². The Kier molecular flexibility index (Phi) is 7.90. The van der Waals surface area contributed by atoms with Gasteiger partial charge in [-0.05, 0) is 36.2 Å². The molecule has 0 unspecified atom stereocenters. The lowest BCUT2D eigenvalue weighted by atomic mass is 10.1. The van der Waals surface area contributed by atoms with Crippen LogP contribution in [0.1, 0.15) is 16.0 Å². The number of amides is 1. The van der Waals surface area contributed by atoms with Crippen LogP contribution in [-0.2, 0) is 11.2 Å². The minimum absolute atomic E-state index is 0.166. The van der Waals surface area contributed by atoms with E-state index in [0.29, 0.717) is 26.8 Å². The van der Waals surface area contributed by atoms with Gasteiger partial charge >= 0.3 is 0 Å². The molecule has 1 amide bonds. The molecule has 0 aliphatic heterocycles. The molecule has 10 heteroatoms. The van der Waals surface area contributed by atoms with Crippen LogP contribution in [0, 0.1) is 6.92 Å². The van der Waals surface area contributed by atoms with E-state index in [-0.39, 0.29) is 11.7 Å². The van der Waals surface area contributed by atoms with Gasteiger partial charge in [0.2, 0.25) is 5.91 Å². The van der Waals surface area contributed by atoms with E-state index < -0.39 is 0 Å². The highest BCUT2D eigenvalue weighted by atomic mass is 35.5. The molecule has 0 saturated heterocycles. The van der Waals surface area contributed by atoms with Crippen molar-refractivity contribution >= 4 is 57.3 Å². The maximum atomic E-state index is 12.8. The first-order chi connectivity index (χ1) is 18.0. The predicted molar refractivity (Wildman–Crippen MR) is 152 cm³/mol. The molecule has 0 aliphatic rings. The number of benzene rings is 3. The van der Waals surface area contributed by atoms with Crippen molar-refractivity contribution in [2.45, 2.75) is 18.5 Å². The zero-order chi connectivity index (χ0) is 25.8. The number of carbonyl (C=O) groups is 1. The topological polar surface area (TPSA) is 72.7 Å². The molecule has 0 spiro atoms. The number of rotatable bonds is 8. The van der Waals surface area contributed by atoms with Gasteiger partial charge in [-0.3, -0.25) is 9.36 Å². The minimum atomic E-state index is -0.166. The van der Waals surface area contributed by atoms with E-state index in [9.17, 15) is 4.79 Å². The second kappa shape index (κ2) is 11.5. The minimum Gasteiger partial charge on any atom is -0.301 e. The summed E-state index contributed by atoms with van der Waals surface area (Å²) in [6, 6.07) is 23.5. The van der Waals surface area contributed by atoms with Gasteiger partial charge in [0, 0.05) is 23.1 Å². The summed E-state index contributed by atoms with van der Waals surface area (Å²) in [6.45, 7) is 2.04. The van der Waals surface area contributed by atoms with Gasteiger partial charge in [-0.25, -0.2) is 4.98 Å². The third-order valence-corrected chi connectivity index (χ3v) is 8.10. The highest BCUT2D eigenvalue weighted by Crippen LogP contribution is 2.30. The number of thiazole rings is 1. The number of hydrogen-bond donors (Lipinski definition) is 1. The van der Waals surface area contributed by atoms with Crippen molar-refractivity contribution in [3.8, 4) is 17.1 Å². The predicted octanol–water partition coefficient (Wildman–Crippen LogP) is 7.33. The summed E-state index contributed by atoms with van der Waals surface area (Å²) in [7, 11) is 0. The fourth-order valence-corrected chi connectivity index (χ4v) is 5.68. The fraction of sp³-hybridized carbons (Fsp3) is 0.111. The summed E-state index contributed by atoms with van der Waals surface area (Å²) in [5.41, 5.74) is 4.03. The van der Waals surface area contributed by atoms with Crippen LogP contribution in [0.15, 0.2) is 84.1 Å². The summed E-state index contributed by atoms with van der Waals surface area (Å²) >= 11 is 14.9. The van der Waals surface area contributed by atoms with Crippen LogP contribution in [0.25, 0.3) is 17.1 Å². The van der Waals surface area contributed by atoms with Crippen LogP contribution in [0.4, 0.5) is 5.13 Å². The lowest BCUT2D eigenvalue weighted by Gasteiger charge is -2.12. The average Bonchev–Trinajstić information content (AvgIpc) is 3.52. The van der Waals surface area contributed by atoms with Gasteiger partial charge in [0.05, 0.1) is 21.5 Å². The maximum Gasteiger partial charge on any atom is 0.236 e. The second-order valence-corrected chi connectivity index (χ2v) is 11.1. The molecule has 37 heavy (non-hydrogen) atoms. The summed E-state index contributed by atoms with van der Waals surface area (Å²) in [6.07, 6.45) is 2.41. The first kappa shape index (κ1) is 25.5. The van der Waals surface area contributed by atoms with Crippen LogP contribution in [-0.4, -0.2) is 31.4 Å². The first-order valence-electron chi connectivity index (χ1n) is 11.4. The molecule has 2 aromatic heterocycles. The van der Waals surface area contributed by atoms with Crippen molar-refractivity contribution in [2.75, 3.05) is 11.1 Å². The monoisotopic (exact) mass is 565 g/mol. The molecular formula is C27H21Cl2N5OS2. The van der Waals surface area contributed by atoms with Crippen LogP contribution in [0.2, 0.25) is 10.0 Å². The second-order valence-electron chi connectivity index (χ2n) is 8.19. The Morgan fingerprint density at radius 1 is 1.00 bits per heavy atom. The van der Waals surface area contributed by atoms with E-state index in [4.69, 9.17) is 23.2 Å². The number of para-hydroxylation sites is 1. The molecule has 5 aromatic rings. The standard InChI is InChI=1S/C27H21Cl2N5OS2/c1-17-7-5-6-10-23(17)34-25(19-8-3-2-4-9-19)32-33-27(34)36-16-24(35)31-26-30-15-20(37-26)13-18-11-12-21(28)22(29)14-18/h2-12,14-15H,13,16H2,1H3,(H,30,31,35). The lowest BCUT2D eigenvalue weighted by molar-refractivity contribution is -0.113. The molecule has 0 fully saturated rings. The number of nitrogens with zero attached hydrogens (tertiary/aromatic N) is 4. The summed E-state index contributed by atoms with van der Waals surface area (Å²) in [5.74, 6) is 0.728. The van der Waals surface area contributed by atoms with Crippen LogP contribution in [0.5, 0.6) is 0 Å². The number of carbonyl (C=O) groups excluding carboxylic acids is 1. The summed E-state index contributed by atoms with van der Waals surface area (Å²) < 4.78 is 2.00. The lowest BCUT2D eigenvalue weighted by Crippen LogP contribution is -2.14. The van der Waals surface area contributed by atoms with E-state index in [2.05, 4.69) is 20.5 Å². The largest absolute Gasteiger partial charge is 0.301 e. The number of aryl methyl sites for hydroxylation is 1. The van der Waals surface area contributed by atoms with Crippen molar-refractivity contribution in [2.24, 2.45) is 0 Å². The molecule has 6 nitrogen and oxygen atoms in total. The highest BCUT2D eigenvalue weighted by molar-refractivity contribution is 7.99. The van der Waals surface area contributed by atoms with E-state index >= 15 is 0 Å². The molecule has 0 radical (unpaired) electrons. The number of halogens is 2. The van der Waals surface area contributed by atoms with Crippen molar-refractivity contribution in [1.82, 2.24) is 19.7 Å². The fourth-order valence-electron chi connectivity index (χ4n) is 3.75. The number of nitrogens with one attached hydrogen (secondary N) is 1. The van der Waals surface area contributed by atoms with E-state index in [1.807, 2.05) is 78.2 Å². The van der Waals surface area contributed by atoms with Crippen molar-refractivity contribution < 1.29 is 4.79 Å². The van der Waals surface area contributed by atoms with Crippen LogP contribution < -0.4 is 5.32 Å². The maximum absolute atomic E-state index is 12.8. The Balaban J connectivity index is 1.29. The third kappa shape index (κ3) is 6.05. The molecule has 5 rings (SSSR count). The van der Waals surface area contributed by atoms with E-state index in [1.54, 1.807) is 12.3 Å². The zero-order valence-electron chi connectivity index (χ0n) is 19.7. The zero-order valence-corrected chi connectivity index (χ0v) is 22.8. The van der Waals surface area contributed by atoms with E-state index in [0.717, 1.165) is 33.1 Å². The number of aromatic nitrogens is 4. The quantitative estimate of drug-likeness (QED) is 0.199. The number of thioether (sulfide) groups is 1. The van der Waals surface area contributed by atoms with Gasteiger partial charge in [-0.1, -0.05) is 89.6 Å². The Hall–Kier alpha value is -3.17. The van der Waals surface area contributed by atoms with Gasteiger partial charge in [-0.2, -0.15) is 0 Å². The molecule has 2 heterocycles. The van der Waals surface area contributed by atoms with Crippen molar-refractivity contribution in [3.63, 3.8) is 0 Å². The van der Waals surface area contributed by atoms with Crippen LogP contribution >= 0.6 is 46.3 Å². The Bertz CT molecular complexity index is 1550. The average molecular weight is 567 g/mol. The van der Waals surface area contributed by atoms with Gasteiger partial charge in [0.15, 0.2) is 16.1 Å². The van der Waals surface area contributed by atoms with E-state index in [1.165, 1.54) is 23.1 Å². The summed E-state index contributed by atoms with van der Waals surface area (Å²) in [5, 5.41) is 14.0. The number of anilines is 1. The SMILES string of the molecule is Cc1ccccc1-n1c(SCC(=O)Nc2ncc(Cc3ccc(Cl)c(Cl)c3)s2)nnc1-c1ccccc1. The van der Waals surface area contributed by atoms with Gasteiger partial charge in [-0.15, -0.1) is 21.5 Å². The molecule has 0 saturated carbocycles. The van der Waals surface area contributed by atoms with Crippen molar-refractivity contribution in [3.05, 3.63) is 105 Å². The molecule has 3 aromatic carbocycles.